The molecule has 0 saturated heterocycles. The molecule has 0 fully saturated rings. The number of halogens is 4. The first-order valence-electron chi connectivity index (χ1n) is 3.98. The summed E-state index contributed by atoms with van der Waals surface area (Å²) in [5.41, 5.74) is -6.24. The lowest BCUT2D eigenvalue weighted by atomic mass is 10.2. The van der Waals surface area contributed by atoms with Crippen LogP contribution in [0.5, 0.6) is 0 Å². The van der Waals surface area contributed by atoms with Crippen molar-refractivity contribution in [3.8, 4) is 0 Å². The Morgan fingerprint density at radius 3 is 2.35 bits per heavy atom. The van der Waals surface area contributed by atoms with Gasteiger partial charge in [0.1, 0.15) is 5.82 Å². The van der Waals surface area contributed by atoms with Crippen LogP contribution in [-0.4, -0.2) is 19.8 Å². The highest BCUT2D eigenvalue weighted by Gasteiger charge is 2.45. The molecule has 0 radical (unpaired) electrons. The van der Waals surface area contributed by atoms with Gasteiger partial charge in [0.15, 0.2) is 0 Å². The lowest BCUT2D eigenvalue weighted by Gasteiger charge is -2.11. The zero-order chi connectivity index (χ0) is 13.3. The van der Waals surface area contributed by atoms with E-state index in [1.165, 1.54) is 0 Å². The molecular weight excluding hydrogens is 266 g/mol. The molecule has 0 spiro atoms. The molecule has 17 heavy (non-hydrogen) atoms. The van der Waals surface area contributed by atoms with E-state index in [0.717, 1.165) is 18.2 Å². The fourth-order valence-electron chi connectivity index (χ4n) is 0.835. The summed E-state index contributed by atoms with van der Waals surface area (Å²) in [4.78, 5) is 0. The van der Waals surface area contributed by atoms with Crippen molar-refractivity contribution < 1.29 is 31.1 Å². The van der Waals surface area contributed by atoms with Crippen molar-refractivity contribution in [3.63, 3.8) is 0 Å². The molecule has 1 rings (SSSR count). The summed E-state index contributed by atoms with van der Waals surface area (Å²) in [5.74, 6) is -2.57. The summed E-state index contributed by atoms with van der Waals surface area (Å²) >= 11 is 0. The highest BCUT2D eigenvalue weighted by molar-refractivity contribution is 7.91. The van der Waals surface area contributed by atoms with Gasteiger partial charge in [0.2, 0.25) is 0 Å². The van der Waals surface area contributed by atoms with Gasteiger partial charge in [-0.15, -0.1) is 0 Å². The average Bonchev–Trinajstić information content (AvgIpc) is 2.15. The van der Waals surface area contributed by atoms with E-state index < -0.39 is 32.8 Å². The summed E-state index contributed by atoms with van der Waals surface area (Å²) in [6.07, 6.45) is 0. The minimum Gasteiger partial charge on any atom is -0.858 e. The van der Waals surface area contributed by atoms with Gasteiger partial charge in [0.05, 0.1) is 0 Å². The number of nitrogens with zero attached hydrogens (tertiary/aromatic N) is 1. The van der Waals surface area contributed by atoms with E-state index in [0.29, 0.717) is 6.07 Å². The van der Waals surface area contributed by atoms with Crippen molar-refractivity contribution in [3.05, 3.63) is 35.6 Å². The zero-order valence-corrected chi connectivity index (χ0v) is 8.72. The second-order valence-electron chi connectivity index (χ2n) is 2.83. The Morgan fingerprint density at radius 1 is 1.29 bits per heavy atom. The van der Waals surface area contributed by atoms with E-state index in [2.05, 4.69) is 0 Å². The molecule has 1 aromatic rings. The Bertz CT molecular complexity index is 550. The van der Waals surface area contributed by atoms with Crippen molar-refractivity contribution in [2.75, 3.05) is 0 Å². The normalized spacial score (nSPS) is 13.8. The van der Waals surface area contributed by atoms with E-state index in [-0.39, 0.29) is 0 Å². The van der Waals surface area contributed by atoms with Gasteiger partial charge in [-0.2, -0.15) is 26.0 Å². The molecule has 0 atom stereocenters. The Hall–Kier alpha value is -1.64. The molecule has 0 aliphatic carbocycles. The summed E-state index contributed by atoms with van der Waals surface area (Å²) in [7, 11) is -5.90. The van der Waals surface area contributed by atoms with Gasteiger partial charge in [0, 0.05) is 5.90 Å². The largest absolute Gasteiger partial charge is 0.858 e. The number of hydrogen-bond donors (Lipinski definition) is 0. The van der Waals surface area contributed by atoms with Crippen molar-refractivity contribution in [2.45, 2.75) is 5.51 Å². The quantitative estimate of drug-likeness (QED) is 0.453. The predicted octanol–water partition coefficient (Wildman–Crippen LogP) is 0.782. The summed E-state index contributed by atoms with van der Waals surface area (Å²) in [5, 5.41) is 11.0. The van der Waals surface area contributed by atoms with Crippen LogP contribution in [0.3, 0.4) is 0 Å². The van der Waals surface area contributed by atoms with Crippen LogP contribution in [0.25, 0.3) is 0 Å². The molecule has 0 aliphatic heterocycles. The SMILES string of the molecule is O=S(=O)(/N=C(\[O-])c1cccc(F)c1)C(F)(F)F. The number of alkyl halides is 3. The maximum Gasteiger partial charge on any atom is 0.518 e. The van der Waals surface area contributed by atoms with Gasteiger partial charge in [-0.25, -0.2) is 4.39 Å². The van der Waals surface area contributed by atoms with Crippen LogP contribution in [0.4, 0.5) is 17.6 Å². The Kier molecular flexibility index (Phi) is 3.41. The summed E-state index contributed by atoms with van der Waals surface area (Å²) < 4.78 is 71.3. The van der Waals surface area contributed by atoms with Crippen LogP contribution in [0, 0.1) is 5.82 Å². The predicted molar refractivity (Wildman–Crippen MR) is 47.9 cm³/mol. The van der Waals surface area contributed by atoms with Crippen molar-refractivity contribution in [1.29, 1.82) is 0 Å². The third-order valence-corrected chi connectivity index (χ3v) is 2.56. The van der Waals surface area contributed by atoms with Crippen LogP contribution in [-0.2, 0) is 10.0 Å². The number of rotatable bonds is 2. The molecule has 0 unspecified atom stereocenters. The maximum absolute atomic E-state index is 12.6. The van der Waals surface area contributed by atoms with Crippen molar-refractivity contribution >= 4 is 15.9 Å². The van der Waals surface area contributed by atoms with E-state index in [1.54, 1.807) is 0 Å². The smallest absolute Gasteiger partial charge is 0.518 e. The molecule has 0 aromatic heterocycles. The molecule has 9 heteroatoms. The Balaban J connectivity index is 3.19. The lowest BCUT2D eigenvalue weighted by Crippen LogP contribution is -2.27. The topological polar surface area (TPSA) is 69.6 Å². The molecule has 0 N–H and O–H groups in total. The lowest BCUT2D eigenvalue weighted by molar-refractivity contribution is -0.212. The first-order chi connectivity index (χ1) is 7.63. The fourth-order valence-corrected chi connectivity index (χ4v) is 1.26. The maximum atomic E-state index is 12.6. The minimum absolute atomic E-state index is 0.581. The Morgan fingerprint density at radius 2 is 1.88 bits per heavy atom. The average molecular weight is 270 g/mol. The first-order valence-corrected chi connectivity index (χ1v) is 5.42. The second kappa shape index (κ2) is 4.32. The van der Waals surface area contributed by atoms with Gasteiger partial charge >= 0.3 is 15.5 Å². The third kappa shape index (κ3) is 3.16. The first kappa shape index (κ1) is 13.4. The second-order valence-corrected chi connectivity index (χ2v) is 4.42. The van der Waals surface area contributed by atoms with Crippen LogP contribution in [0.1, 0.15) is 5.56 Å². The van der Waals surface area contributed by atoms with E-state index in [1.807, 2.05) is 4.40 Å². The zero-order valence-electron chi connectivity index (χ0n) is 7.90. The molecule has 4 nitrogen and oxygen atoms in total. The minimum atomic E-state index is -5.90. The van der Waals surface area contributed by atoms with Crippen molar-refractivity contribution in [1.82, 2.24) is 0 Å². The molecule has 0 amide bonds. The standard InChI is InChI=1S/C8H5F4NO3S/c9-6-3-1-2-5(4-6)7(14)13-17(15,16)8(10,11)12/h1-4H,(H,13,14)/p-1. The molecule has 94 valence electrons. The molecular formula is C8H4F4NO3S-. The van der Waals surface area contributed by atoms with E-state index >= 15 is 0 Å². The molecule has 0 aliphatic rings. The highest BCUT2D eigenvalue weighted by Crippen LogP contribution is 2.24. The number of hydrogen-bond acceptors (Lipinski definition) is 3. The van der Waals surface area contributed by atoms with E-state index in [9.17, 15) is 31.1 Å². The monoisotopic (exact) mass is 270 g/mol. The Labute approximate surface area is 93.3 Å². The van der Waals surface area contributed by atoms with Crippen LogP contribution >= 0.6 is 0 Å². The van der Waals surface area contributed by atoms with Crippen LogP contribution < -0.4 is 5.11 Å². The fraction of sp³-hybridized carbons (Fsp3) is 0.125. The summed E-state index contributed by atoms with van der Waals surface area (Å²) in [6, 6.07) is 3.51. The number of sulfonamides is 1. The van der Waals surface area contributed by atoms with Crippen LogP contribution in [0.2, 0.25) is 0 Å². The molecule has 0 saturated carbocycles. The van der Waals surface area contributed by atoms with Gasteiger partial charge in [-0.3, -0.25) is 0 Å². The van der Waals surface area contributed by atoms with Crippen LogP contribution in [0.15, 0.2) is 28.7 Å². The summed E-state index contributed by atoms with van der Waals surface area (Å²) in [6.45, 7) is 0. The molecule has 0 heterocycles. The molecule has 0 bridgehead atoms. The molecule has 1 aromatic carbocycles. The highest BCUT2D eigenvalue weighted by atomic mass is 32.2. The van der Waals surface area contributed by atoms with Crippen molar-refractivity contribution in [2.24, 2.45) is 4.40 Å². The van der Waals surface area contributed by atoms with Gasteiger partial charge in [-0.05, 0) is 17.7 Å². The van der Waals surface area contributed by atoms with Gasteiger partial charge < -0.3 is 5.11 Å². The third-order valence-electron chi connectivity index (χ3n) is 1.57. The van der Waals surface area contributed by atoms with E-state index in [4.69, 9.17) is 0 Å². The van der Waals surface area contributed by atoms with Gasteiger partial charge in [-0.1, -0.05) is 12.1 Å². The number of benzene rings is 1. The van der Waals surface area contributed by atoms with Gasteiger partial charge in [0.25, 0.3) is 0 Å².